The zero-order valence-electron chi connectivity index (χ0n) is 24.4. The van der Waals surface area contributed by atoms with Crippen LogP contribution in [0.4, 0.5) is 4.39 Å². The fraction of sp³-hybridized carbons (Fsp3) is 0.281. The predicted octanol–water partition coefficient (Wildman–Crippen LogP) is 4.97. The number of pyridine rings is 1. The molecule has 4 aromatic heterocycles. The number of aromatic amines is 1. The van der Waals surface area contributed by atoms with Gasteiger partial charge in [0, 0.05) is 74.1 Å². The molecule has 218 valence electrons. The van der Waals surface area contributed by atoms with Crippen LogP contribution in [0.3, 0.4) is 0 Å². The summed E-state index contributed by atoms with van der Waals surface area (Å²) in [6, 6.07) is 14.3. The van der Waals surface area contributed by atoms with Gasteiger partial charge in [0.2, 0.25) is 0 Å². The molecular weight excluding hydrogens is 547 g/mol. The van der Waals surface area contributed by atoms with E-state index in [4.69, 9.17) is 4.98 Å². The van der Waals surface area contributed by atoms with Crippen molar-refractivity contribution in [1.82, 2.24) is 39.0 Å². The molecule has 0 aliphatic heterocycles. The normalized spacial score (nSPS) is 14.1. The molecule has 0 spiro atoms. The number of alkyl halides is 1. The molecule has 1 fully saturated rings. The monoisotopic (exact) mass is 578 g/mol. The Morgan fingerprint density at radius 2 is 1.84 bits per heavy atom. The van der Waals surface area contributed by atoms with Crippen LogP contribution < -0.4 is 5.56 Å². The summed E-state index contributed by atoms with van der Waals surface area (Å²) in [4.78, 5) is 34.8. The van der Waals surface area contributed by atoms with Gasteiger partial charge in [0.25, 0.3) is 11.5 Å². The maximum Gasteiger partial charge on any atom is 0.260 e. The Bertz CT molecular complexity index is 2080. The molecule has 4 heterocycles. The average Bonchev–Trinajstić information content (AvgIpc) is 3.49. The van der Waals surface area contributed by atoms with E-state index in [-0.39, 0.29) is 18.0 Å². The smallest absolute Gasteiger partial charge is 0.260 e. The highest BCUT2D eigenvalue weighted by Gasteiger charge is 2.33. The number of nitrogens with one attached hydrogen (secondary N) is 1. The SMILES string of the molecule is CN(C)C(=O)c1ccc(C(F)Cn2cc3c(-c4nc(-c5cc6cn(C)nc6[nH]c5=O)n(C)c4C4CC4)cccc3n2)cc1. The number of amides is 1. The van der Waals surface area contributed by atoms with Crippen LogP contribution in [-0.2, 0) is 20.6 Å². The maximum absolute atomic E-state index is 15.4. The molecular formula is C32H31FN8O2. The number of halogens is 1. The summed E-state index contributed by atoms with van der Waals surface area (Å²) in [7, 11) is 7.15. The number of aromatic nitrogens is 7. The van der Waals surface area contributed by atoms with Crippen LogP contribution in [0, 0.1) is 0 Å². The van der Waals surface area contributed by atoms with E-state index in [0.717, 1.165) is 46.1 Å². The van der Waals surface area contributed by atoms with E-state index in [1.54, 1.807) is 47.7 Å². The highest BCUT2D eigenvalue weighted by Crippen LogP contribution is 2.46. The number of carbonyl (C=O) groups is 1. The molecule has 1 unspecified atom stereocenters. The van der Waals surface area contributed by atoms with Crippen molar-refractivity contribution in [3.05, 3.63) is 88.1 Å². The Balaban J connectivity index is 1.25. The highest BCUT2D eigenvalue weighted by atomic mass is 19.1. The molecule has 10 nitrogen and oxygen atoms in total. The molecule has 1 aliphatic rings. The molecule has 1 amide bonds. The third-order valence-electron chi connectivity index (χ3n) is 8.10. The number of hydrogen-bond donors (Lipinski definition) is 1. The molecule has 0 radical (unpaired) electrons. The lowest BCUT2D eigenvalue weighted by Gasteiger charge is -2.12. The Morgan fingerprint density at radius 1 is 1.07 bits per heavy atom. The molecule has 1 atom stereocenters. The molecule has 0 saturated heterocycles. The van der Waals surface area contributed by atoms with E-state index in [9.17, 15) is 9.59 Å². The molecule has 43 heavy (non-hydrogen) atoms. The van der Waals surface area contributed by atoms with Crippen LogP contribution in [0.1, 0.15) is 46.5 Å². The van der Waals surface area contributed by atoms with Gasteiger partial charge in [0.1, 0.15) is 12.0 Å². The second-order valence-electron chi connectivity index (χ2n) is 11.5. The van der Waals surface area contributed by atoms with Crippen molar-refractivity contribution in [3.63, 3.8) is 0 Å². The Kier molecular flexibility index (Phi) is 6.26. The molecule has 0 bridgehead atoms. The third kappa shape index (κ3) is 4.70. The molecule has 1 N–H and O–H groups in total. The number of fused-ring (bicyclic) bond motifs is 2. The Labute approximate surface area is 246 Å². The lowest BCUT2D eigenvalue weighted by Crippen LogP contribution is -2.21. The fourth-order valence-corrected chi connectivity index (χ4v) is 5.80. The summed E-state index contributed by atoms with van der Waals surface area (Å²) in [5.74, 6) is 0.817. The highest BCUT2D eigenvalue weighted by molar-refractivity contribution is 5.95. The summed E-state index contributed by atoms with van der Waals surface area (Å²) >= 11 is 0. The van der Waals surface area contributed by atoms with Gasteiger partial charge in [-0.3, -0.25) is 19.0 Å². The first-order valence-corrected chi connectivity index (χ1v) is 14.2. The minimum Gasteiger partial charge on any atom is -0.345 e. The van der Waals surface area contributed by atoms with Crippen LogP contribution in [0.25, 0.3) is 44.6 Å². The van der Waals surface area contributed by atoms with Crippen molar-refractivity contribution in [1.29, 1.82) is 0 Å². The Hall–Kier alpha value is -5.06. The van der Waals surface area contributed by atoms with Crippen molar-refractivity contribution < 1.29 is 9.18 Å². The number of H-pyrrole nitrogens is 1. The van der Waals surface area contributed by atoms with Crippen LogP contribution in [0.5, 0.6) is 0 Å². The first-order valence-electron chi connectivity index (χ1n) is 14.2. The topological polar surface area (TPSA) is 107 Å². The number of imidazole rings is 1. The summed E-state index contributed by atoms with van der Waals surface area (Å²) in [6.45, 7) is 0.0263. The van der Waals surface area contributed by atoms with Crippen LogP contribution in [0.2, 0.25) is 0 Å². The van der Waals surface area contributed by atoms with Gasteiger partial charge in [-0.2, -0.15) is 10.2 Å². The molecule has 1 saturated carbocycles. The number of carbonyl (C=O) groups excluding carboxylic acids is 1. The second-order valence-corrected chi connectivity index (χ2v) is 11.5. The van der Waals surface area contributed by atoms with E-state index in [1.807, 2.05) is 55.3 Å². The second kappa shape index (κ2) is 10.0. The van der Waals surface area contributed by atoms with Crippen molar-refractivity contribution in [2.24, 2.45) is 14.1 Å². The first-order chi connectivity index (χ1) is 20.7. The van der Waals surface area contributed by atoms with Gasteiger partial charge in [-0.25, -0.2) is 9.37 Å². The van der Waals surface area contributed by atoms with E-state index in [0.29, 0.717) is 34.1 Å². The number of nitrogens with zero attached hydrogens (tertiary/aromatic N) is 7. The maximum atomic E-state index is 15.4. The fourth-order valence-electron chi connectivity index (χ4n) is 5.80. The minimum absolute atomic E-state index is 0.0263. The van der Waals surface area contributed by atoms with Gasteiger partial charge in [0.05, 0.1) is 23.3 Å². The lowest BCUT2D eigenvalue weighted by atomic mass is 10.0. The third-order valence-corrected chi connectivity index (χ3v) is 8.10. The standard InChI is InChI=1S/C32H31FN8O2/c1-38(2)32(43)20-12-8-18(9-13-20)25(33)17-41-16-24-22(6-5-7-26(24)36-41)27-28(19-10-11-19)40(4)30(34-27)23-14-21-15-39(3)37-29(21)35-31(23)42/h5-9,12-16,19,25H,10-11,17H2,1-4H3,(H,35,37,42). The number of hydrogen-bond acceptors (Lipinski definition) is 5. The van der Waals surface area contributed by atoms with Gasteiger partial charge in [-0.15, -0.1) is 0 Å². The minimum atomic E-state index is -1.31. The first kappa shape index (κ1) is 26.8. The molecule has 6 aromatic rings. The number of rotatable bonds is 7. The van der Waals surface area contributed by atoms with Gasteiger partial charge < -0.3 is 14.5 Å². The summed E-state index contributed by atoms with van der Waals surface area (Å²) in [5.41, 5.74) is 5.30. The summed E-state index contributed by atoms with van der Waals surface area (Å²) in [6.07, 6.45) is 4.54. The molecule has 7 rings (SSSR count). The molecule has 1 aliphatic carbocycles. The number of aryl methyl sites for hydroxylation is 1. The quantitative estimate of drug-likeness (QED) is 0.288. The van der Waals surface area contributed by atoms with Crippen molar-refractivity contribution in [2.75, 3.05) is 14.1 Å². The summed E-state index contributed by atoms with van der Waals surface area (Å²) < 4.78 is 20.8. The van der Waals surface area contributed by atoms with E-state index >= 15 is 4.39 Å². The number of benzene rings is 2. The van der Waals surface area contributed by atoms with E-state index in [2.05, 4.69) is 15.2 Å². The van der Waals surface area contributed by atoms with Gasteiger partial charge in [0.15, 0.2) is 5.65 Å². The zero-order valence-corrected chi connectivity index (χ0v) is 24.4. The average molecular weight is 579 g/mol. The predicted molar refractivity (Wildman–Crippen MR) is 163 cm³/mol. The van der Waals surface area contributed by atoms with Gasteiger partial charge in [-0.05, 0) is 42.7 Å². The van der Waals surface area contributed by atoms with E-state index in [1.165, 1.54) is 4.90 Å². The van der Waals surface area contributed by atoms with Gasteiger partial charge in [-0.1, -0.05) is 24.3 Å². The van der Waals surface area contributed by atoms with Crippen LogP contribution in [0.15, 0.2) is 65.7 Å². The largest absolute Gasteiger partial charge is 0.345 e. The van der Waals surface area contributed by atoms with Gasteiger partial charge >= 0.3 is 0 Å². The Morgan fingerprint density at radius 3 is 2.56 bits per heavy atom. The van der Waals surface area contributed by atoms with Crippen molar-refractivity contribution >= 4 is 27.8 Å². The molecule has 11 heteroatoms. The molecule has 2 aromatic carbocycles. The summed E-state index contributed by atoms with van der Waals surface area (Å²) in [5, 5.41) is 10.7. The van der Waals surface area contributed by atoms with Crippen LogP contribution in [-0.4, -0.2) is 59.0 Å². The van der Waals surface area contributed by atoms with Crippen LogP contribution >= 0.6 is 0 Å². The van der Waals surface area contributed by atoms with Crippen molar-refractivity contribution in [3.8, 4) is 22.6 Å². The van der Waals surface area contributed by atoms with E-state index < -0.39 is 6.17 Å². The lowest BCUT2D eigenvalue weighted by molar-refractivity contribution is 0.0827. The zero-order chi connectivity index (χ0) is 30.0. The van der Waals surface area contributed by atoms with Crippen molar-refractivity contribution in [2.45, 2.75) is 31.5 Å².